The molecule has 2 rings (SSSR count). The van der Waals surface area contributed by atoms with Gasteiger partial charge in [-0.3, -0.25) is 9.59 Å². The Balaban J connectivity index is 0.000000337. The van der Waals surface area contributed by atoms with Crippen molar-refractivity contribution in [3.05, 3.63) is 59.2 Å². The molecule has 0 radical (unpaired) electrons. The minimum atomic E-state index is -0.924. The van der Waals surface area contributed by atoms with Gasteiger partial charge in [0, 0.05) is 11.4 Å². The standard InChI is InChI=1S/C13H16FNO3.C7H8FN/c1-4-18-13(17)9(3)12(16)15-11-7-10(14)6-5-8(11)2;1-5-2-3-6(8)4-7(5)9/h5-7,9H,4H2,1-3H3,(H,15,16);2-4H,9H2,1H3. The third kappa shape index (κ3) is 7.05. The Bertz CT molecular complexity index is 810. The normalized spacial score (nSPS) is 11.0. The van der Waals surface area contributed by atoms with Gasteiger partial charge in [0.2, 0.25) is 5.91 Å². The van der Waals surface area contributed by atoms with Gasteiger partial charge in [-0.05, 0) is 63.1 Å². The smallest absolute Gasteiger partial charge is 0.318 e. The highest BCUT2D eigenvalue weighted by Crippen LogP contribution is 2.17. The summed E-state index contributed by atoms with van der Waals surface area (Å²) in [5.74, 6) is -2.75. The van der Waals surface area contributed by atoms with E-state index < -0.39 is 23.6 Å². The van der Waals surface area contributed by atoms with Gasteiger partial charge in [0.15, 0.2) is 0 Å². The zero-order chi connectivity index (χ0) is 20.6. The summed E-state index contributed by atoms with van der Waals surface area (Å²) in [5.41, 5.74) is 7.88. The van der Waals surface area contributed by atoms with Gasteiger partial charge in [0.1, 0.15) is 17.6 Å². The maximum absolute atomic E-state index is 13.0. The highest BCUT2D eigenvalue weighted by atomic mass is 19.1. The number of benzene rings is 2. The number of amides is 1. The molecule has 0 heterocycles. The van der Waals surface area contributed by atoms with Crippen LogP contribution in [0.2, 0.25) is 0 Å². The molecular weight excluding hydrogens is 354 g/mol. The summed E-state index contributed by atoms with van der Waals surface area (Å²) in [7, 11) is 0. The van der Waals surface area contributed by atoms with E-state index in [0.717, 1.165) is 11.1 Å². The van der Waals surface area contributed by atoms with Crippen molar-refractivity contribution in [3.8, 4) is 0 Å². The number of nitrogen functional groups attached to an aromatic ring is 1. The molecule has 0 aliphatic carbocycles. The maximum atomic E-state index is 13.0. The fourth-order valence-electron chi connectivity index (χ4n) is 1.96. The lowest BCUT2D eigenvalue weighted by Crippen LogP contribution is -2.29. The number of ether oxygens (including phenoxy) is 1. The number of hydrogen-bond acceptors (Lipinski definition) is 4. The largest absolute Gasteiger partial charge is 0.465 e. The van der Waals surface area contributed by atoms with Crippen molar-refractivity contribution < 1.29 is 23.1 Å². The van der Waals surface area contributed by atoms with Crippen molar-refractivity contribution in [1.29, 1.82) is 0 Å². The van der Waals surface area contributed by atoms with Crippen molar-refractivity contribution in [2.75, 3.05) is 17.7 Å². The van der Waals surface area contributed by atoms with Crippen LogP contribution in [0.25, 0.3) is 0 Å². The molecule has 2 aromatic rings. The second-order valence-corrected chi connectivity index (χ2v) is 5.92. The Kier molecular flexibility index (Phi) is 8.38. The second-order valence-electron chi connectivity index (χ2n) is 5.92. The Morgan fingerprint density at radius 2 is 1.63 bits per heavy atom. The Hall–Kier alpha value is -2.96. The van der Waals surface area contributed by atoms with E-state index in [0.29, 0.717) is 11.4 Å². The number of anilines is 2. The molecule has 1 atom stereocenters. The Morgan fingerprint density at radius 1 is 1.07 bits per heavy atom. The van der Waals surface area contributed by atoms with Crippen LogP contribution in [0.15, 0.2) is 36.4 Å². The molecule has 0 fully saturated rings. The molecule has 0 saturated carbocycles. The molecule has 0 bridgehead atoms. The van der Waals surface area contributed by atoms with Gasteiger partial charge < -0.3 is 15.8 Å². The van der Waals surface area contributed by atoms with E-state index in [1.54, 1.807) is 26.0 Å². The third-order valence-corrected chi connectivity index (χ3v) is 3.73. The third-order valence-electron chi connectivity index (χ3n) is 3.73. The number of carbonyl (C=O) groups excluding carboxylic acids is 2. The van der Waals surface area contributed by atoms with Crippen molar-refractivity contribution in [2.45, 2.75) is 27.7 Å². The topological polar surface area (TPSA) is 81.4 Å². The molecule has 2 aromatic carbocycles. The lowest BCUT2D eigenvalue weighted by Gasteiger charge is -2.12. The first kappa shape index (κ1) is 22.1. The second kappa shape index (κ2) is 10.3. The number of rotatable bonds is 4. The molecule has 5 nitrogen and oxygen atoms in total. The van der Waals surface area contributed by atoms with Gasteiger partial charge in [0.25, 0.3) is 0 Å². The lowest BCUT2D eigenvalue weighted by molar-refractivity contribution is -0.150. The summed E-state index contributed by atoms with van der Waals surface area (Å²) in [4.78, 5) is 23.1. The number of nitrogens with one attached hydrogen (secondary N) is 1. The quantitative estimate of drug-likeness (QED) is 0.479. The minimum absolute atomic E-state index is 0.218. The van der Waals surface area contributed by atoms with E-state index in [1.165, 1.54) is 31.2 Å². The van der Waals surface area contributed by atoms with E-state index in [2.05, 4.69) is 5.32 Å². The molecular formula is C20H24F2N2O3. The van der Waals surface area contributed by atoms with E-state index >= 15 is 0 Å². The van der Waals surface area contributed by atoms with Gasteiger partial charge in [-0.15, -0.1) is 0 Å². The molecule has 146 valence electrons. The van der Waals surface area contributed by atoms with Crippen LogP contribution < -0.4 is 11.1 Å². The monoisotopic (exact) mass is 378 g/mol. The number of carbonyl (C=O) groups is 2. The summed E-state index contributed by atoms with van der Waals surface area (Å²) < 4.78 is 30.0. The van der Waals surface area contributed by atoms with E-state index in [-0.39, 0.29) is 12.4 Å². The summed E-state index contributed by atoms with van der Waals surface area (Å²) in [6.07, 6.45) is 0. The van der Waals surface area contributed by atoms with Crippen molar-refractivity contribution in [2.24, 2.45) is 5.92 Å². The number of esters is 1. The van der Waals surface area contributed by atoms with Crippen LogP contribution in [0.5, 0.6) is 0 Å². The first-order chi connectivity index (χ1) is 12.6. The first-order valence-corrected chi connectivity index (χ1v) is 8.41. The number of halogens is 2. The summed E-state index contributed by atoms with van der Waals surface area (Å²) >= 11 is 0. The van der Waals surface area contributed by atoms with Crippen LogP contribution in [0.4, 0.5) is 20.2 Å². The van der Waals surface area contributed by atoms with E-state index in [1.807, 2.05) is 6.92 Å². The predicted molar refractivity (Wildman–Crippen MR) is 101 cm³/mol. The Labute approximate surface area is 157 Å². The number of hydrogen-bond donors (Lipinski definition) is 2. The summed E-state index contributed by atoms with van der Waals surface area (Å²) in [6, 6.07) is 8.44. The number of aryl methyl sites for hydroxylation is 2. The highest BCUT2D eigenvalue weighted by molar-refractivity contribution is 6.04. The van der Waals surface area contributed by atoms with Gasteiger partial charge in [-0.1, -0.05) is 12.1 Å². The fraction of sp³-hybridized carbons (Fsp3) is 0.300. The van der Waals surface area contributed by atoms with Crippen LogP contribution in [-0.2, 0) is 14.3 Å². The van der Waals surface area contributed by atoms with Crippen LogP contribution >= 0.6 is 0 Å². The van der Waals surface area contributed by atoms with Gasteiger partial charge in [-0.2, -0.15) is 0 Å². The minimum Gasteiger partial charge on any atom is -0.465 e. The molecule has 0 saturated heterocycles. The van der Waals surface area contributed by atoms with Crippen molar-refractivity contribution in [3.63, 3.8) is 0 Å². The molecule has 0 aromatic heterocycles. The zero-order valence-corrected chi connectivity index (χ0v) is 15.8. The average molecular weight is 378 g/mol. The predicted octanol–water partition coefficient (Wildman–Crippen LogP) is 3.99. The molecule has 0 aliphatic rings. The average Bonchev–Trinajstić information content (AvgIpc) is 2.61. The highest BCUT2D eigenvalue weighted by Gasteiger charge is 2.23. The maximum Gasteiger partial charge on any atom is 0.318 e. The van der Waals surface area contributed by atoms with Gasteiger partial charge >= 0.3 is 5.97 Å². The Morgan fingerprint density at radius 3 is 2.15 bits per heavy atom. The molecule has 3 N–H and O–H groups in total. The van der Waals surface area contributed by atoms with Crippen LogP contribution in [0.1, 0.15) is 25.0 Å². The molecule has 27 heavy (non-hydrogen) atoms. The van der Waals surface area contributed by atoms with Gasteiger partial charge in [0.05, 0.1) is 6.61 Å². The van der Waals surface area contributed by atoms with Crippen LogP contribution in [-0.4, -0.2) is 18.5 Å². The SMILES string of the molecule is CCOC(=O)C(C)C(=O)Nc1cc(F)ccc1C.Cc1ccc(F)cc1N. The van der Waals surface area contributed by atoms with Crippen molar-refractivity contribution >= 4 is 23.3 Å². The summed E-state index contributed by atoms with van der Waals surface area (Å²) in [6.45, 7) is 6.91. The van der Waals surface area contributed by atoms with Crippen molar-refractivity contribution in [1.82, 2.24) is 0 Å². The summed E-state index contributed by atoms with van der Waals surface area (Å²) in [5, 5.41) is 2.51. The molecule has 0 spiro atoms. The van der Waals surface area contributed by atoms with Crippen LogP contribution in [0, 0.1) is 31.4 Å². The molecule has 1 unspecified atom stereocenters. The first-order valence-electron chi connectivity index (χ1n) is 8.41. The fourth-order valence-corrected chi connectivity index (χ4v) is 1.96. The van der Waals surface area contributed by atoms with Crippen LogP contribution in [0.3, 0.4) is 0 Å². The lowest BCUT2D eigenvalue weighted by atomic mass is 10.1. The molecule has 0 aliphatic heterocycles. The van der Waals surface area contributed by atoms with Gasteiger partial charge in [-0.25, -0.2) is 8.78 Å². The van der Waals surface area contributed by atoms with E-state index in [9.17, 15) is 18.4 Å². The molecule has 1 amide bonds. The van der Waals surface area contributed by atoms with E-state index in [4.69, 9.17) is 10.5 Å². The molecule has 7 heteroatoms. The zero-order valence-electron chi connectivity index (χ0n) is 15.8. The number of nitrogens with two attached hydrogens (primary N) is 1.